The van der Waals surface area contributed by atoms with E-state index in [0.29, 0.717) is 5.54 Å². The lowest BCUT2D eigenvalue weighted by Crippen LogP contribution is -2.50. The Labute approximate surface area is 123 Å². The highest BCUT2D eigenvalue weighted by Crippen LogP contribution is 2.41. The van der Waals surface area contributed by atoms with Crippen molar-refractivity contribution in [1.82, 2.24) is 10.2 Å². The van der Waals surface area contributed by atoms with Crippen molar-refractivity contribution in [2.45, 2.75) is 63.6 Å². The fraction of sp³-hybridized carbons (Fsp3) is 0.667. The van der Waals surface area contributed by atoms with E-state index in [0.717, 1.165) is 18.0 Å². The summed E-state index contributed by atoms with van der Waals surface area (Å²) in [6.45, 7) is 9.46. The first-order valence-corrected chi connectivity index (χ1v) is 8.10. The van der Waals surface area contributed by atoms with Crippen LogP contribution in [0.15, 0.2) is 30.3 Å². The zero-order valence-corrected chi connectivity index (χ0v) is 13.1. The standard InChI is InChI=1S/C18H28N2/c1-18(2,3)20-11-9-15(10-12-20)19-17-13-16(17)14-7-5-4-6-8-14/h4-8,15-17,19H,9-13H2,1-3H3/t16?,17-/m1/s1. The van der Waals surface area contributed by atoms with Gasteiger partial charge in [0.15, 0.2) is 0 Å². The molecule has 1 unspecified atom stereocenters. The molecule has 1 aromatic rings. The number of likely N-dealkylation sites (tertiary alicyclic amines) is 1. The zero-order chi connectivity index (χ0) is 14.2. The van der Waals surface area contributed by atoms with E-state index in [2.05, 4.69) is 61.3 Å². The van der Waals surface area contributed by atoms with Crippen LogP contribution in [-0.2, 0) is 0 Å². The molecular formula is C18H28N2. The summed E-state index contributed by atoms with van der Waals surface area (Å²) in [6, 6.07) is 12.4. The molecule has 1 aliphatic heterocycles. The molecule has 2 atom stereocenters. The molecule has 2 heteroatoms. The van der Waals surface area contributed by atoms with E-state index in [4.69, 9.17) is 0 Å². The van der Waals surface area contributed by atoms with Gasteiger partial charge in [0, 0.05) is 36.6 Å². The molecule has 1 heterocycles. The van der Waals surface area contributed by atoms with Crippen molar-refractivity contribution in [2.24, 2.45) is 0 Å². The molecule has 0 radical (unpaired) electrons. The molecule has 1 aromatic carbocycles. The van der Waals surface area contributed by atoms with Crippen LogP contribution in [0.3, 0.4) is 0 Å². The van der Waals surface area contributed by atoms with E-state index in [9.17, 15) is 0 Å². The molecule has 1 N–H and O–H groups in total. The Morgan fingerprint density at radius 3 is 2.30 bits per heavy atom. The van der Waals surface area contributed by atoms with Gasteiger partial charge in [-0.25, -0.2) is 0 Å². The zero-order valence-electron chi connectivity index (χ0n) is 13.1. The van der Waals surface area contributed by atoms with Crippen molar-refractivity contribution >= 4 is 0 Å². The van der Waals surface area contributed by atoms with Crippen LogP contribution < -0.4 is 5.32 Å². The second-order valence-electron chi connectivity index (χ2n) is 7.46. The molecule has 0 amide bonds. The molecule has 20 heavy (non-hydrogen) atoms. The number of hydrogen-bond donors (Lipinski definition) is 1. The quantitative estimate of drug-likeness (QED) is 0.907. The van der Waals surface area contributed by atoms with Gasteiger partial charge in [0.25, 0.3) is 0 Å². The Morgan fingerprint density at radius 1 is 1.05 bits per heavy atom. The first-order chi connectivity index (χ1) is 9.54. The summed E-state index contributed by atoms with van der Waals surface area (Å²) in [7, 11) is 0. The maximum absolute atomic E-state index is 3.89. The van der Waals surface area contributed by atoms with Gasteiger partial charge in [-0.3, -0.25) is 4.90 Å². The number of rotatable bonds is 3. The summed E-state index contributed by atoms with van der Waals surface area (Å²) in [4.78, 5) is 2.62. The normalized spacial score (nSPS) is 28.6. The van der Waals surface area contributed by atoms with Crippen LogP contribution in [0.25, 0.3) is 0 Å². The summed E-state index contributed by atoms with van der Waals surface area (Å²) < 4.78 is 0. The molecule has 1 aliphatic carbocycles. The maximum atomic E-state index is 3.89. The summed E-state index contributed by atoms with van der Waals surface area (Å²) in [5.41, 5.74) is 1.84. The predicted molar refractivity (Wildman–Crippen MR) is 85.1 cm³/mol. The summed E-state index contributed by atoms with van der Waals surface area (Å²) in [6.07, 6.45) is 3.92. The molecule has 2 nitrogen and oxygen atoms in total. The van der Waals surface area contributed by atoms with Gasteiger partial charge in [0.1, 0.15) is 0 Å². The third kappa shape index (κ3) is 3.24. The van der Waals surface area contributed by atoms with Crippen LogP contribution in [-0.4, -0.2) is 35.6 Å². The van der Waals surface area contributed by atoms with Gasteiger partial charge in [-0.1, -0.05) is 30.3 Å². The Balaban J connectivity index is 1.46. The van der Waals surface area contributed by atoms with Gasteiger partial charge in [-0.15, -0.1) is 0 Å². The lowest BCUT2D eigenvalue weighted by molar-refractivity contribution is 0.0959. The number of nitrogens with zero attached hydrogens (tertiary/aromatic N) is 1. The fourth-order valence-electron chi connectivity index (χ4n) is 3.47. The Morgan fingerprint density at radius 2 is 1.70 bits per heavy atom. The van der Waals surface area contributed by atoms with E-state index in [-0.39, 0.29) is 0 Å². The van der Waals surface area contributed by atoms with Crippen LogP contribution in [0.5, 0.6) is 0 Å². The number of benzene rings is 1. The number of nitrogens with one attached hydrogen (secondary N) is 1. The van der Waals surface area contributed by atoms with Gasteiger partial charge in [0.05, 0.1) is 0 Å². The third-order valence-corrected chi connectivity index (χ3v) is 4.91. The number of hydrogen-bond acceptors (Lipinski definition) is 2. The van der Waals surface area contributed by atoms with Crippen molar-refractivity contribution < 1.29 is 0 Å². The molecule has 0 aromatic heterocycles. The molecular weight excluding hydrogens is 244 g/mol. The van der Waals surface area contributed by atoms with Crippen LogP contribution in [0.2, 0.25) is 0 Å². The molecule has 110 valence electrons. The summed E-state index contributed by atoms with van der Waals surface area (Å²) >= 11 is 0. The van der Waals surface area contributed by atoms with Crippen molar-refractivity contribution in [3.05, 3.63) is 35.9 Å². The summed E-state index contributed by atoms with van der Waals surface area (Å²) in [5.74, 6) is 0.761. The van der Waals surface area contributed by atoms with Gasteiger partial charge >= 0.3 is 0 Å². The van der Waals surface area contributed by atoms with Gasteiger partial charge in [-0.05, 0) is 45.6 Å². The fourth-order valence-corrected chi connectivity index (χ4v) is 3.47. The van der Waals surface area contributed by atoms with Crippen molar-refractivity contribution in [3.63, 3.8) is 0 Å². The Hall–Kier alpha value is -0.860. The summed E-state index contributed by atoms with van der Waals surface area (Å²) in [5, 5.41) is 3.89. The molecule has 3 rings (SSSR count). The molecule has 0 spiro atoms. The van der Waals surface area contributed by atoms with E-state index in [1.54, 1.807) is 0 Å². The largest absolute Gasteiger partial charge is 0.311 e. The SMILES string of the molecule is CC(C)(C)N1CCC(N[C@@H]2CC2c2ccccc2)CC1. The second kappa shape index (κ2) is 5.50. The molecule has 2 aliphatic rings. The van der Waals surface area contributed by atoms with Gasteiger partial charge in [-0.2, -0.15) is 0 Å². The van der Waals surface area contributed by atoms with Gasteiger partial charge < -0.3 is 5.32 Å². The van der Waals surface area contributed by atoms with E-state index in [1.807, 2.05) is 0 Å². The minimum atomic E-state index is 0.330. The molecule has 1 saturated heterocycles. The lowest BCUT2D eigenvalue weighted by atomic mass is 9.98. The third-order valence-electron chi connectivity index (χ3n) is 4.91. The molecule has 1 saturated carbocycles. The van der Waals surface area contributed by atoms with Crippen LogP contribution in [0.4, 0.5) is 0 Å². The Bertz CT molecular complexity index is 426. The smallest absolute Gasteiger partial charge is 0.0145 e. The highest BCUT2D eigenvalue weighted by molar-refractivity contribution is 5.27. The average Bonchev–Trinajstić information content (AvgIpc) is 3.19. The van der Waals surface area contributed by atoms with Crippen molar-refractivity contribution in [2.75, 3.05) is 13.1 Å². The highest BCUT2D eigenvalue weighted by atomic mass is 15.2. The predicted octanol–water partition coefficient (Wildman–Crippen LogP) is 3.40. The maximum Gasteiger partial charge on any atom is 0.0145 e. The first kappa shape index (κ1) is 14.1. The lowest BCUT2D eigenvalue weighted by Gasteiger charge is -2.41. The van der Waals surface area contributed by atoms with Crippen LogP contribution >= 0.6 is 0 Å². The van der Waals surface area contributed by atoms with E-state index >= 15 is 0 Å². The molecule has 0 bridgehead atoms. The van der Waals surface area contributed by atoms with Crippen LogP contribution in [0, 0.1) is 0 Å². The second-order valence-corrected chi connectivity index (χ2v) is 7.46. The van der Waals surface area contributed by atoms with Crippen molar-refractivity contribution in [1.29, 1.82) is 0 Å². The van der Waals surface area contributed by atoms with E-state index < -0.39 is 0 Å². The minimum absolute atomic E-state index is 0.330. The monoisotopic (exact) mass is 272 g/mol. The van der Waals surface area contributed by atoms with Crippen molar-refractivity contribution in [3.8, 4) is 0 Å². The van der Waals surface area contributed by atoms with E-state index in [1.165, 1.54) is 37.9 Å². The highest BCUT2D eigenvalue weighted by Gasteiger charge is 2.40. The average molecular weight is 272 g/mol. The van der Waals surface area contributed by atoms with Gasteiger partial charge in [0.2, 0.25) is 0 Å². The number of piperidine rings is 1. The molecule has 2 fully saturated rings. The topological polar surface area (TPSA) is 15.3 Å². The van der Waals surface area contributed by atoms with Crippen LogP contribution in [0.1, 0.15) is 51.5 Å². The first-order valence-electron chi connectivity index (χ1n) is 8.10. The Kier molecular flexibility index (Phi) is 3.87. The minimum Gasteiger partial charge on any atom is -0.311 e.